The van der Waals surface area contributed by atoms with Crippen molar-refractivity contribution in [3.05, 3.63) is 0 Å². The third-order valence-electron chi connectivity index (χ3n) is 1.59. The van der Waals surface area contributed by atoms with Crippen LogP contribution in [0.1, 0.15) is 13.3 Å². The van der Waals surface area contributed by atoms with Crippen LogP contribution in [0.4, 0.5) is 0 Å². The van der Waals surface area contributed by atoms with Crippen molar-refractivity contribution in [3.8, 4) is 0 Å². The topological polar surface area (TPSA) is 53.5 Å². The maximum absolute atomic E-state index is 10.5. The Morgan fingerprint density at radius 2 is 2.73 bits per heavy atom. The Hall–Kier alpha value is -1.06. The van der Waals surface area contributed by atoms with E-state index in [0.29, 0.717) is 6.04 Å². The largest absolute Gasteiger partial charge is 0.372 e. The van der Waals surface area contributed by atoms with E-state index in [1.54, 1.807) is 6.34 Å². The highest BCUT2D eigenvalue weighted by Crippen LogP contribution is 1.94. The Labute approximate surface area is 66.1 Å². The Kier molecular flexibility index (Phi) is 2.89. The van der Waals surface area contributed by atoms with E-state index in [0.717, 1.165) is 19.5 Å². The highest BCUT2D eigenvalue weighted by atomic mass is 16.1. The first-order valence-electron chi connectivity index (χ1n) is 3.78. The van der Waals surface area contributed by atoms with Gasteiger partial charge in [0.05, 0.1) is 12.9 Å². The first-order valence-corrected chi connectivity index (χ1v) is 3.78. The minimum atomic E-state index is 0.0314. The summed E-state index contributed by atoms with van der Waals surface area (Å²) in [7, 11) is 0. The van der Waals surface area contributed by atoms with Crippen molar-refractivity contribution in [1.29, 1.82) is 0 Å². The smallest absolute Gasteiger partial charge is 0.216 e. The van der Waals surface area contributed by atoms with Crippen LogP contribution in [0.25, 0.3) is 0 Å². The second kappa shape index (κ2) is 3.95. The molecule has 0 saturated carbocycles. The van der Waals surface area contributed by atoms with E-state index >= 15 is 0 Å². The molecule has 0 spiro atoms. The normalized spacial score (nSPS) is 21.4. The number of nitrogens with zero attached hydrogens (tertiary/aromatic N) is 1. The number of nitrogens with one attached hydrogen (secondary N) is 2. The molecule has 0 bridgehead atoms. The lowest BCUT2D eigenvalue weighted by Crippen LogP contribution is -2.31. The summed E-state index contributed by atoms with van der Waals surface area (Å²) in [5, 5.41) is 5.83. The highest BCUT2D eigenvalue weighted by Gasteiger charge is 2.08. The Morgan fingerprint density at radius 1 is 1.91 bits per heavy atom. The molecule has 1 atom stereocenters. The number of aliphatic imine (C=N–C) groups is 1. The first-order chi connectivity index (χ1) is 5.29. The molecule has 0 aromatic carbocycles. The maximum Gasteiger partial charge on any atom is 0.216 e. The first kappa shape index (κ1) is 8.04. The Morgan fingerprint density at radius 3 is 3.27 bits per heavy atom. The number of carbonyl (C=O) groups excluding carboxylic acids is 1. The lowest BCUT2D eigenvalue weighted by molar-refractivity contribution is -0.118. The lowest BCUT2D eigenvalue weighted by atomic mass is 10.2. The maximum atomic E-state index is 10.5. The van der Waals surface area contributed by atoms with Crippen LogP contribution in [0, 0.1) is 0 Å². The highest BCUT2D eigenvalue weighted by molar-refractivity contribution is 5.72. The average molecular weight is 155 g/mol. The molecule has 0 aromatic rings. The molecule has 11 heavy (non-hydrogen) atoms. The van der Waals surface area contributed by atoms with Crippen molar-refractivity contribution in [2.24, 2.45) is 4.99 Å². The van der Waals surface area contributed by atoms with Crippen LogP contribution in [0.5, 0.6) is 0 Å². The average Bonchev–Trinajstić information content (AvgIpc) is 2.39. The van der Waals surface area contributed by atoms with Gasteiger partial charge in [-0.2, -0.15) is 0 Å². The standard InChI is InChI=1S/C7H13N3O/c1-6(11)9-3-2-7-4-8-5-10-7/h5,7H,2-4H2,1H3,(H,8,10)(H,9,11)/t7-/m0/s1. The van der Waals surface area contributed by atoms with Gasteiger partial charge in [-0.1, -0.05) is 0 Å². The fourth-order valence-corrected chi connectivity index (χ4v) is 0.988. The summed E-state index contributed by atoms with van der Waals surface area (Å²) in [5.74, 6) is 0.0314. The summed E-state index contributed by atoms with van der Waals surface area (Å²) in [5.41, 5.74) is 0. The minimum Gasteiger partial charge on any atom is -0.372 e. The molecule has 1 heterocycles. The van der Waals surface area contributed by atoms with Crippen LogP contribution in [-0.2, 0) is 4.79 Å². The quantitative estimate of drug-likeness (QED) is 0.578. The van der Waals surface area contributed by atoms with Gasteiger partial charge in [0, 0.05) is 19.5 Å². The molecule has 1 aliphatic heterocycles. The molecule has 0 aromatic heterocycles. The van der Waals surface area contributed by atoms with E-state index < -0.39 is 0 Å². The molecule has 0 radical (unpaired) electrons. The molecule has 1 aliphatic rings. The molecule has 0 aliphatic carbocycles. The van der Waals surface area contributed by atoms with Crippen LogP contribution in [0.15, 0.2) is 4.99 Å². The number of amides is 1. The van der Waals surface area contributed by atoms with Crippen LogP contribution < -0.4 is 10.6 Å². The molecule has 1 amide bonds. The molecular weight excluding hydrogens is 142 g/mol. The second-order valence-corrected chi connectivity index (χ2v) is 2.63. The van der Waals surface area contributed by atoms with Gasteiger partial charge in [0.2, 0.25) is 5.91 Å². The van der Waals surface area contributed by atoms with Crippen molar-refractivity contribution >= 4 is 12.2 Å². The summed E-state index contributed by atoms with van der Waals surface area (Å²) in [6, 6.07) is 0.418. The predicted octanol–water partition coefficient (Wildman–Crippen LogP) is -0.487. The zero-order chi connectivity index (χ0) is 8.10. The summed E-state index contributed by atoms with van der Waals surface area (Å²) in [6.07, 6.45) is 2.66. The SMILES string of the molecule is CC(=O)NCC[C@H]1CN=CN1. The molecule has 4 heteroatoms. The molecule has 2 N–H and O–H groups in total. The van der Waals surface area contributed by atoms with Gasteiger partial charge in [0.1, 0.15) is 0 Å². The second-order valence-electron chi connectivity index (χ2n) is 2.63. The fourth-order valence-electron chi connectivity index (χ4n) is 0.988. The zero-order valence-corrected chi connectivity index (χ0v) is 6.63. The molecule has 0 unspecified atom stereocenters. The summed E-state index contributed by atoms with van der Waals surface area (Å²) in [4.78, 5) is 14.5. The van der Waals surface area contributed by atoms with E-state index in [1.165, 1.54) is 6.92 Å². The van der Waals surface area contributed by atoms with Crippen molar-refractivity contribution < 1.29 is 4.79 Å². The van der Waals surface area contributed by atoms with Crippen molar-refractivity contribution in [2.45, 2.75) is 19.4 Å². The number of hydrogen-bond donors (Lipinski definition) is 2. The van der Waals surface area contributed by atoms with E-state index in [1.807, 2.05) is 0 Å². The third kappa shape index (κ3) is 3.02. The third-order valence-corrected chi connectivity index (χ3v) is 1.59. The number of hydrogen-bond acceptors (Lipinski definition) is 3. The number of rotatable bonds is 3. The molecule has 1 rings (SSSR count). The van der Waals surface area contributed by atoms with E-state index in [-0.39, 0.29) is 5.91 Å². The lowest BCUT2D eigenvalue weighted by Gasteiger charge is -2.08. The van der Waals surface area contributed by atoms with E-state index in [2.05, 4.69) is 15.6 Å². The van der Waals surface area contributed by atoms with Gasteiger partial charge in [-0.15, -0.1) is 0 Å². The van der Waals surface area contributed by atoms with Crippen molar-refractivity contribution in [3.63, 3.8) is 0 Å². The fraction of sp³-hybridized carbons (Fsp3) is 0.714. The van der Waals surface area contributed by atoms with Crippen LogP contribution >= 0.6 is 0 Å². The van der Waals surface area contributed by atoms with Gasteiger partial charge < -0.3 is 10.6 Å². The van der Waals surface area contributed by atoms with Gasteiger partial charge in [-0.05, 0) is 6.42 Å². The van der Waals surface area contributed by atoms with Gasteiger partial charge in [0.25, 0.3) is 0 Å². The Balaban J connectivity index is 1.99. The molecule has 62 valence electrons. The summed E-state index contributed by atoms with van der Waals surface area (Å²) < 4.78 is 0. The van der Waals surface area contributed by atoms with Gasteiger partial charge >= 0.3 is 0 Å². The van der Waals surface area contributed by atoms with E-state index in [9.17, 15) is 4.79 Å². The summed E-state index contributed by atoms with van der Waals surface area (Å²) in [6.45, 7) is 3.09. The van der Waals surface area contributed by atoms with Gasteiger partial charge in [0.15, 0.2) is 0 Å². The van der Waals surface area contributed by atoms with E-state index in [4.69, 9.17) is 0 Å². The summed E-state index contributed by atoms with van der Waals surface area (Å²) >= 11 is 0. The minimum absolute atomic E-state index is 0.0314. The van der Waals surface area contributed by atoms with Crippen LogP contribution in [-0.4, -0.2) is 31.4 Å². The van der Waals surface area contributed by atoms with Crippen molar-refractivity contribution in [2.75, 3.05) is 13.1 Å². The molecule has 4 nitrogen and oxygen atoms in total. The molecular formula is C7H13N3O. The zero-order valence-electron chi connectivity index (χ0n) is 6.63. The van der Waals surface area contributed by atoms with Gasteiger partial charge in [-0.25, -0.2) is 0 Å². The van der Waals surface area contributed by atoms with Crippen molar-refractivity contribution in [1.82, 2.24) is 10.6 Å². The number of carbonyl (C=O) groups is 1. The Bertz CT molecular complexity index is 159. The van der Waals surface area contributed by atoms with Crippen LogP contribution in [0.3, 0.4) is 0 Å². The van der Waals surface area contributed by atoms with Gasteiger partial charge in [-0.3, -0.25) is 9.79 Å². The molecule has 0 saturated heterocycles. The predicted molar refractivity (Wildman–Crippen MR) is 43.6 cm³/mol. The van der Waals surface area contributed by atoms with Crippen LogP contribution in [0.2, 0.25) is 0 Å². The monoisotopic (exact) mass is 155 g/mol. The molecule has 0 fully saturated rings.